The molecule has 1 unspecified atom stereocenters. The molecule has 1 N–H and O–H groups in total. The number of aryl methyl sites for hydroxylation is 1. The number of anilines is 1. The van der Waals surface area contributed by atoms with E-state index < -0.39 is 0 Å². The van der Waals surface area contributed by atoms with Gasteiger partial charge in [0.1, 0.15) is 0 Å². The molecule has 1 heterocycles. The highest BCUT2D eigenvalue weighted by atomic mass is 32.2. The Bertz CT molecular complexity index is 399. The molecule has 0 spiro atoms. The maximum Gasteiger partial charge on any atom is 0.238 e. The summed E-state index contributed by atoms with van der Waals surface area (Å²) >= 11 is 3.31. The molecule has 0 radical (unpaired) electrons. The summed E-state index contributed by atoms with van der Waals surface area (Å²) in [6.07, 6.45) is 6.52. The number of hydrogen-bond acceptors (Lipinski definition) is 4. The van der Waals surface area contributed by atoms with E-state index in [-0.39, 0.29) is 11.2 Å². The molecule has 18 heavy (non-hydrogen) atoms. The second-order valence-corrected chi connectivity index (χ2v) is 7.33. The number of carbonyl (C=O) groups excluding carboxylic acids is 1. The first kappa shape index (κ1) is 13.9. The van der Waals surface area contributed by atoms with E-state index in [2.05, 4.69) is 10.3 Å². The molecule has 0 aromatic carbocycles. The molecular formula is C13H20N2OS2. The van der Waals surface area contributed by atoms with Crippen LogP contribution in [0.1, 0.15) is 44.7 Å². The van der Waals surface area contributed by atoms with E-state index in [1.807, 2.05) is 31.0 Å². The number of thiazole rings is 1. The SMILES string of the molecule is Cc1csc(NC(=O)C(C)SC2CCCCC2)n1. The highest BCUT2D eigenvalue weighted by molar-refractivity contribution is 8.01. The predicted molar refractivity (Wildman–Crippen MR) is 79.4 cm³/mol. The van der Waals surface area contributed by atoms with Crippen molar-refractivity contribution in [1.29, 1.82) is 0 Å². The number of amides is 1. The molecule has 1 saturated carbocycles. The first-order valence-corrected chi connectivity index (χ1v) is 8.36. The lowest BCUT2D eigenvalue weighted by atomic mass is 10.0. The summed E-state index contributed by atoms with van der Waals surface area (Å²) < 4.78 is 0. The normalized spacial score (nSPS) is 18.6. The lowest BCUT2D eigenvalue weighted by molar-refractivity contribution is -0.115. The van der Waals surface area contributed by atoms with Gasteiger partial charge in [-0.2, -0.15) is 0 Å². The Balaban J connectivity index is 1.80. The van der Waals surface area contributed by atoms with Gasteiger partial charge in [-0.3, -0.25) is 4.79 Å². The fraction of sp³-hybridized carbons (Fsp3) is 0.692. The predicted octanol–water partition coefficient (Wildman–Crippen LogP) is 3.84. The average molecular weight is 284 g/mol. The molecule has 1 aliphatic rings. The molecule has 100 valence electrons. The third-order valence-electron chi connectivity index (χ3n) is 3.17. The molecule has 5 heteroatoms. The van der Waals surface area contributed by atoms with Crippen LogP contribution in [0.4, 0.5) is 5.13 Å². The molecule has 0 aliphatic heterocycles. The van der Waals surface area contributed by atoms with E-state index in [1.165, 1.54) is 43.4 Å². The quantitative estimate of drug-likeness (QED) is 0.913. The van der Waals surface area contributed by atoms with Gasteiger partial charge in [-0.05, 0) is 26.7 Å². The summed E-state index contributed by atoms with van der Waals surface area (Å²) in [5, 5.41) is 6.24. The van der Waals surface area contributed by atoms with Gasteiger partial charge in [0.05, 0.1) is 10.9 Å². The number of carbonyl (C=O) groups is 1. The zero-order valence-electron chi connectivity index (χ0n) is 10.9. The Kier molecular flexibility index (Phi) is 5.06. The molecule has 0 bridgehead atoms. The van der Waals surface area contributed by atoms with Gasteiger partial charge in [0, 0.05) is 10.6 Å². The van der Waals surface area contributed by atoms with Crippen LogP contribution < -0.4 is 5.32 Å². The number of hydrogen-bond donors (Lipinski definition) is 1. The summed E-state index contributed by atoms with van der Waals surface area (Å²) in [4.78, 5) is 16.3. The summed E-state index contributed by atoms with van der Waals surface area (Å²) in [6, 6.07) is 0. The number of thioether (sulfide) groups is 1. The second kappa shape index (κ2) is 6.57. The fourth-order valence-corrected chi connectivity index (χ4v) is 4.23. The monoisotopic (exact) mass is 284 g/mol. The van der Waals surface area contributed by atoms with Crippen LogP contribution in [-0.2, 0) is 4.79 Å². The van der Waals surface area contributed by atoms with Crippen molar-refractivity contribution >= 4 is 34.1 Å². The summed E-state index contributed by atoms with van der Waals surface area (Å²) in [5.74, 6) is 0.0833. The molecule has 1 amide bonds. The first-order chi connectivity index (χ1) is 8.65. The van der Waals surface area contributed by atoms with Gasteiger partial charge < -0.3 is 5.32 Å². The van der Waals surface area contributed by atoms with Crippen LogP contribution in [0.25, 0.3) is 0 Å². The summed E-state index contributed by atoms with van der Waals surface area (Å²) in [7, 11) is 0. The topological polar surface area (TPSA) is 42.0 Å². The molecule has 1 fully saturated rings. The van der Waals surface area contributed by atoms with Gasteiger partial charge in [-0.15, -0.1) is 23.1 Å². The minimum atomic E-state index is 0.0114. The molecule has 1 aromatic heterocycles. The van der Waals surface area contributed by atoms with Gasteiger partial charge >= 0.3 is 0 Å². The van der Waals surface area contributed by atoms with Gasteiger partial charge in [0.15, 0.2) is 5.13 Å². The van der Waals surface area contributed by atoms with Crippen molar-refractivity contribution in [2.75, 3.05) is 5.32 Å². The van der Waals surface area contributed by atoms with Crippen LogP contribution in [0.5, 0.6) is 0 Å². The van der Waals surface area contributed by atoms with Crippen LogP contribution in [0.2, 0.25) is 0 Å². The lowest BCUT2D eigenvalue weighted by Crippen LogP contribution is -2.25. The van der Waals surface area contributed by atoms with Crippen LogP contribution in [0.15, 0.2) is 5.38 Å². The second-order valence-electron chi connectivity index (χ2n) is 4.82. The highest BCUT2D eigenvalue weighted by Gasteiger charge is 2.21. The molecule has 2 rings (SSSR count). The van der Waals surface area contributed by atoms with Crippen molar-refractivity contribution in [1.82, 2.24) is 4.98 Å². The van der Waals surface area contributed by atoms with Crippen LogP contribution in [0, 0.1) is 6.92 Å². The maximum atomic E-state index is 12.0. The molecule has 1 aliphatic carbocycles. The van der Waals surface area contributed by atoms with E-state index in [4.69, 9.17) is 0 Å². The van der Waals surface area contributed by atoms with Crippen molar-refractivity contribution in [3.8, 4) is 0 Å². The first-order valence-electron chi connectivity index (χ1n) is 6.53. The van der Waals surface area contributed by atoms with Crippen molar-refractivity contribution in [3.05, 3.63) is 11.1 Å². The molecule has 1 atom stereocenters. The zero-order valence-corrected chi connectivity index (χ0v) is 12.6. The van der Waals surface area contributed by atoms with Gasteiger partial charge in [0.25, 0.3) is 0 Å². The van der Waals surface area contributed by atoms with Crippen molar-refractivity contribution < 1.29 is 4.79 Å². The highest BCUT2D eigenvalue weighted by Crippen LogP contribution is 2.31. The Morgan fingerprint density at radius 1 is 1.50 bits per heavy atom. The van der Waals surface area contributed by atoms with Crippen molar-refractivity contribution in [2.45, 2.75) is 56.5 Å². The van der Waals surface area contributed by atoms with E-state index >= 15 is 0 Å². The van der Waals surface area contributed by atoms with E-state index in [1.54, 1.807) is 0 Å². The van der Waals surface area contributed by atoms with E-state index in [9.17, 15) is 4.79 Å². The van der Waals surface area contributed by atoms with Gasteiger partial charge in [-0.1, -0.05) is 19.3 Å². The molecule has 3 nitrogen and oxygen atoms in total. The van der Waals surface area contributed by atoms with Crippen LogP contribution >= 0.6 is 23.1 Å². The Morgan fingerprint density at radius 3 is 2.83 bits per heavy atom. The minimum absolute atomic E-state index is 0.0114. The number of nitrogens with one attached hydrogen (secondary N) is 1. The van der Waals surface area contributed by atoms with Gasteiger partial charge in [-0.25, -0.2) is 4.98 Å². The third kappa shape index (κ3) is 3.99. The Morgan fingerprint density at radius 2 is 2.22 bits per heavy atom. The van der Waals surface area contributed by atoms with E-state index in [0.29, 0.717) is 10.4 Å². The fourth-order valence-electron chi connectivity index (χ4n) is 2.17. The molecular weight excluding hydrogens is 264 g/mol. The standard InChI is InChI=1S/C13H20N2OS2/c1-9-8-17-13(14-9)15-12(16)10(2)18-11-6-4-3-5-7-11/h8,10-11H,3-7H2,1-2H3,(H,14,15,16). The number of nitrogens with zero attached hydrogens (tertiary/aromatic N) is 1. The van der Waals surface area contributed by atoms with Crippen LogP contribution in [-0.4, -0.2) is 21.4 Å². The maximum absolute atomic E-state index is 12.0. The summed E-state index contributed by atoms with van der Waals surface area (Å²) in [6.45, 7) is 3.93. The Labute approximate surface area is 117 Å². The number of rotatable bonds is 4. The smallest absolute Gasteiger partial charge is 0.238 e. The average Bonchev–Trinajstić information content (AvgIpc) is 2.76. The van der Waals surface area contributed by atoms with E-state index in [0.717, 1.165) is 5.69 Å². The molecule has 0 saturated heterocycles. The largest absolute Gasteiger partial charge is 0.301 e. The third-order valence-corrected chi connectivity index (χ3v) is 5.52. The van der Waals surface area contributed by atoms with Crippen LogP contribution in [0.3, 0.4) is 0 Å². The van der Waals surface area contributed by atoms with Gasteiger partial charge in [0.2, 0.25) is 5.91 Å². The number of aromatic nitrogens is 1. The minimum Gasteiger partial charge on any atom is -0.301 e. The summed E-state index contributed by atoms with van der Waals surface area (Å²) in [5.41, 5.74) is 0.961. The zero-order chi connectivity index (χ0) is 13.0. The van der Waals surface area contributed by atoms with Crippen molar-refractivity contribution in [3.63, 3.8) is 0 Å². The Hall–Kier alpha value is -0.550. The molecule has 1 aromatic rings. The van der Waals surface area contributed by atoms with Crippen molar-refractivity contribution in [2.24, 2.45) is 0 Å². The lowest BCUT2D eigenvalue weighted by Gasteiger charge is -2.23.